The van der Waals surface area contributed by atoms with Gasteiger partial charge in [-0.2, -0.15) is 0 Å². The molecule has 0 saturated carbocycles. The molecule has 0 aliphatic carbocycles. The lowest BCUT2D eigenvalue weighted by molar-refractivity contribution is -0.929. The van der Waals surface area contributed by atoms with Crippen molar-refractivity contribution in [1.82, 2.24) is 0 Å². The van der Waals surface area contributed by atoms with E-state index in [0.717, 1.165) is 13.0 Å². The van der Waals surface area contributed by atoms with Gasteiger partial charge in [-0.15, -0.1) is 0 Å². The van der Waals surface area contributed by atoms with Gasteiger partial charge in [-0.05, 0) is 20.3 Å². The van der Waals surface area contributed by atoms with Gasteiger partial charge in [0.15, 0.2) is 0 Å². The molecular weight excluding hydrogens is 426 g/mol. The minimum absolute atomic E-state index is 0.0691. The van der Waals surface area contributed by atoms with Gasteiger partial charge in [-0.3, -0.25) is 4.18 Å². The number of rotatable bonds is 20. The summed E-state index contributed by atoms with van der Waals surface area (Å²) in [5.74, 6) is 0. The van der Waals surface area contributed by atoms with Crippen LogP contribution in [-0.4, -0.2) is 98.1 Å². The first-order chi connectivity index (χ1) is 14.7. The van der Waals surface area contributed by atoms with Crippen LogP contribution in [-0.2, 0) is 19.3 Å². The molecular formula is C21H47NO8S. The summed E-state index contributed by atoms with van der Waals surface area (Å²) < 4.78 is 38.1. The highest BCUT2D eigenvalue weighted by Crippen LogP contribution is 2.10. The highest BCUT2D eigenvalue weighted by atomic mass is 32.3. The van der Waals surface area contributed by atoms with Gasteiger partial charge in [-0.1, -0.05) is 51.9 Å². The Balaban J connectivity index is 0. The van der Waals surface area contributed by atoms with E-state index in [1.165, 1.54) is 51.9 Å². The fourth-order valence-corrected chi connectivity index (χ4v) is 3.65. The third-order valence-electron chi connectivity index (χ3n) is 5.13. The van der Waals surface area contributed by atoms with Crippen LogP contribution in [0, 0.1) is 0 Å². The van der Waals surface area contributed by atoms with Crippen LogP contribution in [0.25, 0.3) is 0 Å². The molecule has 0 aromatic rings. The molecule has 10 heteroatoms. The van der Waals surface area contributed by atoms with E-state index in [1.807, 2.05) is 6.92 Å². The third kappa shape index (κ3) is 22.6. The zero-order valence-corrected chi connectivity index (χ0v) is 20.7. The van der Waals surface area contributed by atoms with Gasteiger partial charge in [0.25, 0.3) is 0 Å². The average molecular weight is 474 g/mol. The molecule has 0 heterocycles. The Kier molecular flexibility index (Phi) is 22.8. The monoisotopic (exact) mass is 473 g/mol. The van der Waals surface area contributed by atoms with Crippen molar-refractivity contribution in [2.24, 2.45) is 0 Å². The van der Waals surface area contributed by atoms with E-state index < -0.39 is 16.5 Å². The Morgan fingerprint density at radius 2 is 1.42 bits per heavy atom. The van der Waals surface area contributed by atoms with Crippen molar-refractivity contribution in [2.45, 2.75) is 78.2 Å². The molecule has 0 bridgehead atoms. The number of ether oxygens (including phenoxy) is 1. The summed E-state index contributed by atoms with van der Waals surface area (Å²) in [5, 5.41) is 28.6. The zero-order chi connectivity index (χ0) is 24.0. The van der Waals surface area contributed by atoms with Gasteiger partial charge in [0, 0.05) is 6.61 Å². The van der Waals surface area contributed by atoms with E-state index >= 15 is 0 Å². The number of quaternary nitrogens is 1. The lowest BCUT2D eigenvalue weighted by atomic mass is 10.1. The molecule has 0 aliphatic rings. The first-order valence-electron chi connectivity index (χ1n) is 11.6. The highest BCUT2D eigenvalue weighted by Gasteiger charge is 2.27. The van der Waals surface area contributed by atoms with Crippen molar-refractivity contribution in [2.75, 3.05) is 59.2 Å². The molecule has 9 nitrogen and oxygen atoms in total. The molecule has 0 radical (unpaired) electrons. The summed E-state index contributed by atoms with van der Waals surface area (Å²) in [6, 6.07) is 0. The van der Waals surface area contributed by atoms with E-state index in [-0.39, 0.29) is 19.8 Å². The summed E-state index contributed by atoms with van der Waals surface area (Å²) in [6.07, 6.45) is 9.67. The number of hydrogen-bond acceptors (Lipinski definition) is 8. The van der Waals surface area contributed by atoms with Crippen molar-refractivity contribution in [3.8, 4) is 0 Å². The van der Waals surface area contributed by atoms with Crippen LogP contribution in [0.3, 0.4) is 0 Å². The Morgan fingerprint density at radius 1 is 0.903 bits per heavy atom. The Bertz CT molecular complexity index is 470. The Labute approximate surface area is 189 Å². The first-order valence-corrected chi connectivity index (χ1v) is 13.0. The standard InChI is InChI=1S/C19H42NO4.C2H6O4S/c1-3-5-6-7-8-9-10-11-16-24-18-19(23)17-20(4-2,12-14-21)13-15-22;1-2-6-7(3,4)5/h19,21-23H,3-18H2,1-2H3;2H2,1H3,(H,3,4,5)/q+1;/p-1. The molecule has 190 valence electrons. The lowest BCUT2D eigenvalue weighted by Crippen LogP contribution is -2.55. The van der Waals surface area contributed by atoms with Crippen LogP contribution < -0.4 is 0 Å². The minimum Gasteiger partial charge on any atom is -0.726 e. The van der Waals surface area contributed by atoms with Gasteiger partial charge in [0.2, 0.25) is 10.4 Å². The second-order valence-corrected chi connectivity index (χ2v) is 8.81. The summed E-state index contributed by atoms with van der Waals surface area (Å²) in [6.45, 7) is 9.22. The van der Waals surface area contributed by atoms with E-state index in [1.54, 1.807) is 0 Å². The van der Waals surface area contributed by atoms with E-state index in [0.29, 0.717) is 37.3 Å². The molecule has 1 atom stereocenters. The number of aliphatic hydroxyl groups is 3. The molecule has 0 saturated heterocycles. The fraction of sp³-hybridized carbons (Fsp3) is 1.00. The van der Waals surface area contributed by atoms with Crippen molar-refractivity contribution in [3.05, 3.63) is 0 Å². The molecule has 0 rings (SSSR count). The maximum absolute atomic E-state index is 10.2. The third-order valence-corrected chi connectivity index (χ3v) is 5.66. The molecule has 0 amide bonds. The normalized spacial score (nSPS) is 13.0. The van der Waals surface area contributed by atoms with Crippen molar-refractivity contribution in [3.63, 3.8) is 0 Å². The Morgan fingerprint density at radius 3 is 1.81 bits per heavy atom. The number of hydrogen-bond donors (Lipinski definition) is 3. The number of aliphatic hydroxyl groups excluding tert-OH is 3. The van der Waals surface area contributed by atoms with E-state index in [4.69, 9.17) is 4.74 Å². The first kappa shape index (κ1) is 32.8. The number of likely N-dealkylation sites (N-methyl/N-ethyl adjacent to an activating group) is 1. The smallest absolute Gasteiger partial charge is 0.217 e. The predicted octanol–water partition coefficient (Wildman–Crippen LogP) is 1.81. The van der Waals surface area contributed by atoms with Gasteiger partial charge in [0.1, 0.15) is 25.7 Å². The SMILES string of the molecule is CCCCCCCCCCOCC(O)C[N+](CC)(CCO)CCO.CCOS(=O)(=O)[O-]. The number of nitrogens with zero attached hydrogens (tertiary/aromatic N) is 1. The maximum Gasteiger partial charge on any atom is 0.217 e. The van der Waals surface area contributed by atoms with Crippen LogP contribution in [0.5, 0.6) is 0 Å². The lowest BCUT2D eigenvalue weighted by Gasteiger charge is -2.38. The topological polar surface area (TPSA) is 136 Å². The van der Waals surface area contributed by atoms with Gasteiger partial charge in [0.05, 0.1) is 33.0 Å². The molecule has 3 N–H and O–H groups in total. The predicted molar refractivity (Wildman–Crippen MR) is 120 cm³/mol. The molecule has 0 aliphatic heterocycles. The fourth-order valence-electron chi connectivity index (χ4n) is 3.37. The molecule has 0 fully saturated rings. The quantitative estimate of drug-likeness (QED) is 0.105. The second kappa shape index (κ2) is 21.5. The minimum atomic E-state index is -4.42. The molecule has 1 unspecified atom stereocenters. The van der Waals surface area contributed by atoms with Crippen LogP contribution in [0.15, 0.2) is 0 Å². The van der Waals surface area contributed by atoms with Gasteiger partial charge in [-0.25, -0.2) is 8.42 Å². The van der Waals surface area contributed by atoms with Crippen LogP contribution in [0.1, 0.15) is 72.1 Å². The maximum atomic E-state index is 10.2. The molecule has 31 heavy (non-hydrogen) atoms. The summed E-state index contributed by atoms with van der Waals surface area (Å²) in [4.78, 5) is 0. The summed E-state index contributed by atoms with van der Waals surface area (Å²) in [7, 11) is -4.42. The zero-order valence-electron chi connectivity index (χ0n) is 19.8. The van der Waals surface area contributed by atoms with Crippen LogP contribution in [0.4, 0.5) is 0 Å². The highest BCUT2D eigenvalue weighted by molar-refractivity contribution is 7.80. The second-order valence-electron chi connectivity index (χ2n) is 7.75. The van der Waals surface area contributed by atoms with Crippen LogP contribution in [0.2, 0.25) is 0 Å². The molecule has 0 aromatic heterocycles. The molecule has 0 spiro atoms. The van der Waals surface area contributed by atoms with Gasteiger partial charge < -0.3 is 29.1 Å². The van der Waals surface area contributed by atoms with E-state index in [2.05, 4.69) is 11.1 Å². The summed E-state index contributed by atoms with van der Waals surface area (Å²) >= 11 is 0. The average Bonchev–Trinajstić information content (AvgIpc) is 2.69. The Hall–Kier alpha value is -0.330. The van der Waals surface area contributed by atoms with Crippen molar-refractivity contribution >= 4 is 10.4 Å². The summed E-state index contributed by atoms with van der Waals surface area (Å²) in [5.41, 5.74) is 0. The number of unbranched alkanes of at least 4 members (excludes halogenated alkanes) is 7. The van der Waals surface area contributed by atoms with Crippen LogP contribution >= 0.6 is 0 Å². The van der Waals surface area contributed by atoms with Gasteiger partial charge >= 0.3 is 0 Å². The molecule has 0 aromatic carbocycles. The van der Waals surface area contributed by atoms with Crippen molar-refractivity contribution < 1.29 is 41.7 Å². The largest absolute Gasteiger partial charge is 0.726 e. The van der Waals surface area contributed by atoms with E-state index in [9.17, 15) is 28.3 Å². The van der Waals surface area contributed by atoms with Crippen molar-refractivity contribution in [1.29, 1.82) is 0 Å².